The fourth-order valence-electron chi connectivity index (χ4n) is 5.04. The lowest BCUT2D eigenvalue weighted by Crippen LogP contribution is -2.52. The molecule has 5 rings (SSSR count). The third-order valence-corrected chi connectivity index (χ3v) is 6.65. The number of ketones is 1. The van der Waals surface area contributed by atoms with Gasteiger partial charge in [-0.05, 0) is 29.8 Å². The van der Waals surface area contributed by atoms with Crippen molar-refractivity contribution in [3.63, 3.8) is 0 Å². The van der Waals surface area contributed by atoms with Crippen molar-refractivity contribution in [2.75, 3.05) is 13.2 Å². The van der Waals surface area contributed by atoms with Crippen LogP contribution in [0.5, 0.6) is 5.75 Å². The van der Waals surface area contributed by atoms with E-state index in [2.05, 4.69) is 4.90 Å². The van der Waals surface area contributed by atoms with Gasteiger partial charge in [-0.25, -0.2) is 0 Å². The van der Waals surface area contributed by atoms with Gasteiger partial charge in [0.2, 0.25) is 0 Å². The van der Waals surface area contributed by atoms with Crippen LogP contribution in [0.3, 0.4) is 0 Å². The summed E-state index contributed by atoms with van der Waals surface area (Å²) < 4.78 is 11.6. The monoisotopic (exact) mass is 423 g/mol. The number of morpholine rings is 1. The molecule has 0 aliphatic carbocycles. The molecule has 0 radical (unpaired) electrons. The fraction of sp³-hybridized carbons (Fsp3) is 0.417. The first kappa shape index (κ1) is 20.2. The molecule has 0 spiro atoms. The predicted octanol–water partition coefficient (Wildman–Crippen LogP) is 1.88. The molecule has 2 aromatic carbocycles. The highest BCUT2D eigenvalue weighted by Gasteiger charge is 2.64. The number of aliphatic hydroxyl groups excluding tert-OH is 1. The number of piperidine rings is 1. The van der Waals surface area contributed by atoms with Gasteiger partial charge in [0.1, 0.15) is 30.0 Å². The first-order chi connectivity index (χ1) is 15.0. The maximum atomic E-state index is 12.7. The Labute approximate surface area is 180 Å². The summed E-state index contributed by atoms with van der Waals surface area (Å²) in [5.41, 5.74) is 1.30. The van der Waals surface area contributed by atoms with Gasteiger partial charge in [0.25, 0.3) is 0 Å². The maximum absolute atomic E-state index is 12.7. The molecule has 3 aliphatic heterocycles. The zero-order chi connectivity index (χ0) is 21.5. The van der Waals surface area contributed by atoms with Crippen molar-refractivity contribution in [1.82, 2.24) is 4.90 Å². The number of ether oxygens (including phenoxy) is 2. The number of benzene rings is 2. The molecule has 3 heterocycles. The number of fused-ring (bicyclic) bond motifs is 5. The maximum Gasteiger partial charge on any atom is 0.316 e. The number of hydrogen-bond acceptors (Lipinski definition) is 7. The Morgan fingerprint density at radius 3 is 2.29 bits per heavy atom. The third kappa shape index (κ3) is 3.84. The molecule has 3 saturated heterocycles. The number of carbonyl (C=O) groups excluding carboxylic acids is 2. The van der Waals surface area contributed by atoms with Crippen LogP contribution in [0.4, 0.5) is 0 Å². The van der Waals surface area contributed by atoms with Gasteiger partial charge < -0.3 is 19.7 Å². The number of esters is 1. The third-order valence-electron chi connectivity index (χ3n) is 6.65. The van der Waals surface area contributed by atoms with Gasteiger partial charge in [-0.2, -0.15) is 0 Å². The number of nitrogens with zero attached hydrogens (tertiary/aromatic N) is 1. The van der Waals surface area contributed by atoms with E-state index in [1.54, 1.807) is 12.1 Å². The summed E-state index contributed by atoms with van der Waals surface area (Å²) in [5, 5.41) is 19.2. The molecule has 0 aromatic heterocycles. The Morgan fingerprint density at radius 2 is 1.68 bits per heavy atom. The molecule has 2 N–H and O–H groups in total. The van der Waals surface area contributed by atoms with Crippen LogP contribution in [0.1, 0.15) is 34.7 Å². The SMILES string of the molecule is O=C(CN1C2CC(OC(=O)C(CO)c3ccccc3)CC1C1OC12)c1ccc(O)cc1. The number of aromatic hydroxyl groups is 1. The summed E-state index contributed by atoms with van der Waals surface area (Å²) in [5.74, 6) is -0.984. The minimum Gasteiger partial charge on any atom is -0.508 e. The fourth-order valence-corrected chi connectivity index (χ4v) is 5.04. The number of phenols is 1. The number of phenolic OH excluding ortho intramolecular Hbond substituents is 1. The lowest BCUT2D eigenvalue weighted by atomic mass is 9.96. The highest BCUT2D eigenvalue weighted by atomic mass is 16.6. The van der Waals surface area contributed by atoms with Crippen molar-refractivity contribution in [2.45, 2.75) is 49.2 Å². The Bertz CT molecular complexity index is 944. The van der Waals surface area contributed by atoms with Gasteiger partial charge in [0, 0.05) is 30.5 Å². The lowest BCUT2D eigenvalue weighted by molar-refractivity contribution is -0.156. The van der Waals surface area contributed by atoms with Crippen LogP contribution in [-0.2, 0) is 14.3 Å². The Hall–Kier alpha value is -2.74. The molecule has 7 heteroatoms. The molecule has 31 heavy (non-hydrogen) atoms. The van der Waals surface area contributed by atoms with E-state index in [9.17, 15) is 19.8 Å². The molecule has 5 atom stereocenters. The van der Waals surface area contributed by atoms with Crippen molar-refractivity contribution < 1.29 is 29.3 Å². The molecule has 162 valence electrons. The molecular formula is C24H25NO6. The minimum absolute atomic E-state index is 0.00355. The van der Waals surface area contributed by atoms with E-state index in [0.717, 1.165) is 5.56 Å². The second-order valence-corrected chi connectivity index (χ2v) is 8.52. The second-order valence-electron chi connectivity index (χ2n) is 8.52. The Morgan fingerprint density at radius 1 is 1.03 bits per heavy atom. The number of carbonyl (C=O) groups is 2. The van der Waals surface area contributed by atoms with Gasteiger partial charge in [-0.3, -0.25) is 14.5 Å². The summed E-state index contributed by atoms with van der Waals surface area (Å²) in [6, 6.07) is 15.5. The van der Waals surface area contributed by atoms with E-state index in [4.69, 9.17) is 9.47 Å². The van der Waals surface area contributed by atoms with Gasteiger partial charge in [-0.1, -0.05) is 30.3 Å². The standard InChI is InChI=1S/C24H25NO6/c26-13-18(14-4-2-1-3-5-14)24(29)30-17-10-19-22-23(31-22)20(11-17)25(19)12-21(28)15-6-8-16(27)9-7-15/h1-9,17-20,22-23,26-27H,10-13H2. The zero-order valence-electron chi connectivity index (χ0n) is 17.0. The largest absolute Gasteiger partial charge is 0.508 e. The second kappa shape index (κ2) is 8.07. The molecule has 0 amide bonds. The van der Waals surface area contributed by atoms with Crippen molar-refractivity contribution >= 4 is 11.8 Å². The molecule has 2 aromatic rings. The summed E-state index contributed by atoms with van der Waals surface area (Å²) in [6.45, 7) is -0.0234. The van der Waals surface area contributed by atoms with Crippen LogP contribution in [0.25, 0.3) is 0 Å². The van der Waals surface area contributed by atoms with Crippen LogP contribution in [0.2, 0.25) is 0 Å². The number of epoxide rings is 1. The summed E-state index contributed by atoms with van der Waals surface area (Å²) in [6.07, 6.45) is 1.14. The minimum atomic E-state index is -0.696. The quantitative estimate of drug-likeness (QED) is 0.398. The predicted molar refractivity (Wildman–Crippen MR) is 111 cm³/mol. The Kier molecular flexibility index (Phi) is 5.25. The average Bonchev–Trinajstić information content (AvgIpc) is 3.53. The van der Waals surface area contributed by atoms with Crippen LogP contribution in [0.15, 0.2) is 54.6 Å². The molecule has 5 unspecified atom stereocenters. The van der Waals surface area contributed by atoms with Gasteiger partial charge in [0.05, 0.1) is 13.2 Å². The Balaban J connectivity index is 1.23. The van der Waals surface area contributed by atoms with Gasteiger partial charge >= 0.3 is 5.97 Å². The molecule has 0 saturated carbocycles. The average molecular weight is 423 g/mol. The molecule has 2 bridgehead atoms. The van der Waals surface area contributed by atoms with Crippen molar-refractivity contribution in [3.8, 4) is 5.75 Å². The zero-order valence-corrected chi connectivity index (χ0v) is 17.0. The number of Topliss-reactive ketones (excluding diaryl/α,β-unsaturated/α-hetero) is 1. The number of rotatable bonds is 7. The number of aliphatic hydroxyl groups is 1. The highest BCUT2D eigenvalue weighted by molar-refractivity contribution is 5.97. The van der Waals surface area contributed by atoms with Crippen molar-refractivity contribution in [2.24, 2.45) is 0 Å². The molecule has 3 fully saturated rings. The van der Waals surface area contributed by atoms with Crippen LogP contribution >= 0.6 is 0 Å². The normalized spacial score (nSPS) is 29.8. The topological polar surface area (TPSA) is 99.6 Å². The van der Waals surface area contributed by atoms with Gasteiger partial charge in [0.15, 0.2) is 5.78 Å². The number of hydrogen-bond donors (Lipinski definition) is 2. The molecule has 7 nitrogen and oxygen atoms in total. The molecular weight excluding hydrogens is 398 g/mol. The van der Waals surface area contributed by atoms with E-state index < -0.39 is 11.9 Å². The van der Waals surface area contributed by atoms with E-state index in [0.29, 0.717) is 18.4 Å². The summed E-state index contributed by atoms with van der Waals surface area (Å²) in [7, 11) is 0. The summed E-state index contributed by atoms with van der Waals surface area (Å²) >= 11 is 0. The first-order valence-corrected chi connectivity index (χ1v) is 10.6. The van der Waals surface area contributed by atoms with E-state index >= 15 is 0 Å². The van der Waals surface area contributed by atoms with Crippen LogP contribution in [0, 0.1) is 0 Å². The van der Waals surface area contributed by atoms with Crippen LogP contribution in [-0.4, -0.2) is 70.4 Å². The summed E-state index contributed by atoms with van der Waals surface area (Å²) in [4.78, 5) is 27.7. The first-order valence-electron chi connectivity index (χ1n) is 10.6. The smallest absolute Gasteiger partial charge is 0.316 e. The van der Waals surface area contributed by atoms with Crippen molar-refractivity contribution in [1.29, 1.82) is 0 Å². The van der Waals surface area contributed by atoms with E-state index in [1.165, 1.54) is 12.1 Å². The van der Waals surface area contributed by atoms with E-state index in [1.807, 2.05) is 30.3 Å². The van der Waals surface area contributed by atoms with Crippen molar-refractivity contribution in [3.05, 3.63) is 65.7 Å². The lowest BCUT2D eigenvalue weighted by Gasteiger charge is -2.40. The van der Waals surface area contributed by atoms with Gasteiger partial charge in [-0.15, -0.1) is 0 Å². The molecule has 3 aliphatic rings. The highest BCUT2D eigenvalue weighted by Crippen LogP contribution is 2.49. The van der Waals surface area contributed by atoms with E-state index in [-0.39, 0.29) is 55.1 Å². The van der Waals surface area contributed by atoms with Crippen LogP contribution < -0.4 is 0 Å².